The highest BCUT2D eigenvalue weighted by atomic mass is 16.6. The molecule has 2 fully saturated rings. The van der Waals surface area contributed by atoms with E-state index in [0.717, 1.165) is 19.3 Å². The first-order chi connectivity index (χ1) is 9.42. The first-order valence-corrected chi connectivity index (χ1v) is 7.54. The number of aliphatic hydroxyl groups is 1. The molecule has 0 aromatic rings. The van der Waals surface area contributed by atoms with Gasteiger partial charge >= 0.3 is 5.97 Å². The van der Waals surface area contributed by atoms with E-state index in [-0.39, 0.29) is 25.3 Å². The third kappa shape index (κ3) is 4.17. The van der Waals surface area contributed by atoms with Crippen molar-refractivity contribution in [2.24, 2.45) is 5.41 Å². The van der Waals surface area contributed by atoms with Gasteiger partial charge in [0, 0.05) is 6.42 Å². The third-order valence-electron chi connectivity index (χ3n) is 4.32. The van der Waals surface area contributed by atoms with Gasteiger partial charge in [0.15, 0.2) is 0 Å². The molecular weight excluding hydrogens is 260 g/mol. The molecule has 1 N–H and O–H groups in total. The molecule has 2 aliphatic rings. The fourth-order valence-corrected chi connectivity index (χ4v) is 2.33. The second-order valence-electron chi connectivity index (χ2n) is 6.47. The van der Waals surface area contributed by atoms with Gasteiger partial charge in [0.1, 0.15) is 12.7 Å². The average molecular weight is 286 g/mol. The van der Waals surface area contributed by atoms with Gasteiger partial charge in [-0.2, -0.15) is 0 Å². The number of hydrogen-bond acceptors (Lipinski definition) is 5. The molecular formula is C15H26O5. The van der Waals surface area contributed by atoms with Gasteiger partial charge in [0.05, 0.1) is 30.3 Å². The number of rotatable bonds is 7. The summed E-state index contributed by atoms with van der Waals surface area (Å²) in [6.07, 6.45) is 3.89. The quantitative estimate of drug-likeness (QED) is 0.569. The van der Waals surface area contributed by atoms with Crippen molar-refractivity contribution in [2.75, 3.05) is 13.2 Å². The maximum Gasteiger partial charge on any atom is 0.311 e. The van der Waals surface area contributed by atoms with E-state index in [1.54, 1.807) is 0 Å². The lowest BCUT2D eigenvalue weighted by atomic mass is 9.91. The van der Waals surface area contributed by atoms with Crippen molar-refractivity contribution < 1.29 is 24.1 Å². The molecule has 0 amide bonds. The van der Waals surface area contributed by atoms with Crippen LogP contribution in [-0.2, 0) is 19.0 Å². The molecule has 1 aliphatic carbocycles. The van der Waals surface area contributed by atoms with Gasteiger partial charge in [-0.25, -0.2) is 0 Å². The Morgan fingerprint density at radius 3 is 2.75 bits per heavy atom. The van der Waals surface area contributed by atoms with Gasteiger partial charge in [-0.05, 0) is 33.1 Å². The highest BCUT2D eigenvalue weighted by Crippen LogP contribution is 2.37. The van der Waals surface area contributed by atoms with Crippen molar-refractivity contribution in [1.29, 1.82) is 0 Å². The molecule has 4 atom stereocenters. The topological polar surface area (TPSA) is 68.3 Å². The summed E-state index contributed by atoms with van der Waals surface area (Å²) < 4.78 is 16.2. The molecule has 1 saturated carbocycles. The van der Waals surface area contributed by atoms with E-state index in [4.69, 9.17) is 14.2 Å². The molecule has 1 aliphatic heterocycles. The first-order valence-electron chi connectivity index (χ1n) is 7.54. The van der Waals surface area contributed by atoms with Crippen LogP contribution in [0, 0.1) is 5.41 Å². The van der Waals surface area contributed by atoms with E-state index in [9.17, 15) is 9.90 Å². The predicted molar refractivity (Wildman–Crippen MR) is 73.3 cm³/mol. The standard InChI is InChI=1S/C15H26O5/c1-4-15(2,3)14(17)19-9-10(16)8-18-11-5-6-12-13(7-11)20-12/h10-13,16H,4-9H2,1-3H3. The molecule has 4 unspecified atom stereocenters. The fourth-order valence-electron chi connectivity index (χ4n) is 2.33. The van der Waals surface area contributed by atoms with Crippen LogP contribution >= 0.6 is 0 Å². The van der Waals surface area contributed by atoms with E-state index in [2.05, 4.69) is 0 Å². The number of epoxide rings is 1. The molecule has 2 rings (SSSR count). The second kappa shape index (κ2) is 6.41. The monoisotopic (exact) mass is 286 g/mol. The van der Waals surface area contributed by atoms with Crippen LogP contribution < -0.4 is 0 Å². The maximum atomic E-state index is 11.8. The summed E-state index contributed by atoms with van der Waals surface area (Å²) in [5.74, 6) is -0.272. The lowest BCUT2D eigenvalue weighted by molar-refractivity contribution is -0.158. The Balaban J connectivity index is 1.60. The highest BCUT2D eigenvalue weighted by Gasteiger charge is 2.44. The Bertz CT molecular complexity index is 341. The molecule has 5 heteroatoms. The SMILES string of the molecule is CCC(C)(C)C(=O)OCC(O)COC1CCC2OC2C1. The lowest BCUT2D eigenvalue weighted by Gasteiger charge is -2.23. The van der Waals surface area contributed by atoms with E-state index in [0.29, 0.717) is 18.6 Å². The molecule has 0 aromatic heterocycles. The largest absolute Gasteiger partial charge is 0.462 e. The Kier molecular flexibility index (Phi) is 5.04. The van der Waals surface area contributed by atoms with Gasteiger partial charge in [-0.1, -0.05) is 6.92 Å². The van der Waals surface area contributed by atoms with Crippen molar-refractivity contribution in [3.05, 3.63) is 0 Å². The third-order valence-corrected chi connectivity index (χ3v) is 4.32. The van der Waals surface area contributed by atoms with E-state index in [1.165, 1.54) is 0 Å². The van der Waals surface area contributed by atoms with Gasteiger partial charge in [-0.15, -0.1) is 0 Å². The second-order valence-corrected chi connectivity index (χ2v) is 6.47. The highest BCUT2D eigenvalue weighted by molar-refractivity contribution is 5.75. The Labute approximate surface area is 120 Å². The van der Waals surface area contributed by atoms with Gasteiger partial charge in [-0.3, -0.25) is 4.79 Å². The number of esters is 1. The van der Waals surface area contributed by atoms with Gasteiger partial charge in [0.25, 0.3) is 0 Å². The predicted octanol–water partition coefficient (Wildman–Crippen LogP) is 1.66. The van der Waals surface area contributed by atoms with Crippen LogP contribution in [0.25, 0.3) is 0 Å². The summed E-state index contributed by atoms with van der Waals surface area (Å²) in [6, 6.07) is 0. The Hall–Kier alpha value is -0.650. The average Bonchev–Trinajstić information content (AvgIpc) is 3.20. The molecule has 5 nitrogen and oxygen atoms in total. The summed E-state index contributed by atoms with van der Waals surface area (Å²) in [7, 11) is 0. The number of hydrogen-bond donors (Lipinski definition) is 1. The number of carbonyl (C=O) groups excluding carboxylic acids is 1. The zero-order valence-corrected chi connectivity index (χ0v) is 12.6. The summed E-state index contributed by atoms with van der Waals surface area (Å²) >= 11 is 0. The zero-order valence-electron chi connectivity index (χ0n) is 12.6. The smallest absolute Gasteiger partial charge is 0.311 e. The van der Waals surface area contributed by atoms with Crippen LogP contribution in [0.5, 0.6) is 0 Å². The molecule has 20 heavy (non-hydrogen) atoms. The molecule has 1 heterocycles. The van der Waals surface area contributed by atoms with E-state index >= 15 is 0 Å². The maximum absolute atomic E-state index is 11.8. The van der Waals surface area contributed by atoms with Crippen LogP contribution in [0.2, 0.25) is 0 Å². The fraction of sp³-hybridized carbons (Fsp3) is 0.933. The van der Waals surface area contributed by atoms with Crippen molar-refractivity contribution in [3.8, 4) is 0 Å². The van der Waals surface area contributed by atoms with Crippen LogP contribution in [0.3, 0.4) is 0 Å². The number of ether oxygens (including phenoxy) is 3. The minimum atomic E-state index is -0.760. The normalized spacial score (nSPS) is 30.5. The number of aliphatic hydroxyl groups excluding tert-OH is 1. The van der Waals surface area contributed by atoms with Crippen molar-refractivity contribution in [2.45, 2.75) is 70.9 Å². The Morgan fingerprint density at radius 1 is 1.35 bits per heavy atom. The molecule has 1 saturated heterocycles. The Morgan fingerprint density at radius 2 is 2.10 bits per heavy atom. The minimum Gasteiger partial charge on any atom is -0.462 e. The minimum absolute atomic E-state index is 0.00244. The summed E-state index contributed by atoms with van der Waals surface area (Å²) in [6.45, 7) is 5.83. The number of carbonyl (C=O) groups is 1. The van der Waals surface area contributed by atoms with Crippen molar-refractivity contribution in [1.82, 2.24) is 0 Å². The molecule has 0 radical (unpaired) electrons. The van der Waals surface area contributed by atoms with Gasteiger partial charge < -0.3 is 19.3 Å². The lowest BCUT2D eigenvalue weighted by Crippen LogP contribution is -2.32. The first kappa shape index (κ1) is 15.7. The van der Waals surface area contributed by atoms with E-state index < -0.39 is 11.5 Å². The van der Waals surface area contributed by atoms with Crippen LogP contribution in [-0.4, -0.2) is 48.7 Å². The van der Waals surface area contributed by atoms with Crippen molar-refractivity contribution in [3.63, 3.8) is 0 Å². The summed E-state index contributed by atoms with van der Waals surface area (Å²) in [5.41, 5.74) is -0.498. The number of fused-ring (bicyclic) bond motifs is 1. The zero-order chi connectivity index (χ0) is 14.8. The van der Waals surface area contributed by atoms with Crippen LogP contribution in [0.4, 0.5) is 0 Å². The molecule has 0 bridgehead atoms. The van der Waals surface area contributed by atoms with Crippen LogP contribution in [0.15, 0.2) is 0 Å². The summed E-state index contributed by atoms with van der Waals surface area (Å²) in [4.78, 5) is 11.8. The molecule has 0 aromatic carbocycles. The van der Waals surface area contributed by atoms with Crippen LogP contribution in [0.1, 0.15) is 46.5 Å². The van der Waals surface area contributed by atoms with Crippen molar-refractivity contribution >= 4 is 5.97 Å². The summed E-state index contributed by atoms with van der Waals surface area (Å²) in [5, 5.41) is 9.81. The molecule has 116 valence electrons. The van der Waals surface area contributed by atoms with E-state index in [1.807, 2.05) is 20.8 Å². The van der Waals surface area contributed by atoms with Gasteiger partial charge in [0.2, 0.25) is 0 Å². The molecule has 0 spiro atoms.